The summed E-state index contributed by atoms with van der Waals surface area (Å²) in [5.41, 5.74) is 1.12. The number of benzene rings is 1. The summed E-state index contributed by atoms with van der Waals surface area (Å²) in [5.74, 6) is 0.150. The number of hydrogen-bond donors (Lipinski definition) is 3. The van der Waals surface area contributed by atoms with Gasteiger partial charge in [-0.3, -0.25) is 4.79 Å². The van der Waals surface area contributed by atoms with Crippen LogP contribution in [-0.2, 0) is 6.42 Å². The number of nitrogens with one attached hydrogen (secondary N) is 1. The lowest BCUT2D eigenvalue weighted by atomic mass is 10.1. The molecule has 104 valence electrons. The number of amides is 1. The Morgan fingerprint density at radius 3 is 2.84 bits per heavy atom. The number of carbonyl (C=O) groups is 1. The normalized spacial score (nSPS) is 22.4. The molecular formula is C15H21NO3. The molecule has 2 rings (SSSR count). The second-order valence-corrected chi connectivity index (χ2v) is 5.20. The summed E-state index contributed by atoms with van der Waals surface area (Å²) in [6, 6.07) is 5.36. The van der Waals surface area contributed by atoms with Crippen molar-refractivity contribution in [2.75, 3.05) is 6.61 Å². The summed E-state index contributed by atoms with van der Waals surface area (Å²) in [4.78, 5) is 12.2. The third kappa shape index (κ3) is 3.07. The maximum Gasteiger partial charge on any atom is 0.255 e. The van der Waals surface area contributed by atoms with Crippen molar-refractivity contribution in [1.29, 1.82) is 0 Å². The van der Waals surface area contributed by atoms with E-state index in [0.29, 0.717) is 17.9 Å². The van der Waals surface area contributed by atoms with Gasteiger partial charge in [0, 0.05) is 12.6 Å². The van der Waals surface area contributed by atoms with Crippen LogP contribution in [0.4, 0.5) is 0 Å². The molecule has 4 nitrogen and oxygen atoms in total. The fourth-order valence-corrected chi connectivity index (χ4v) is 2.69. The predicted octanol–water partition coefficient (Wildman–Crippen LogP) is 1.85. The zero-order valence-corrected chi connectivity index (χ0v) is 11.2. The Balaban J connectivity index is 2.04. The molecule has 0 spiro atoms. The van der Waals surface area contributed by atoms with Crippen LogP contribution in [0.15, 0.2) is 18.2 Å². The zero-order valence-electron chi connectivity index (χ0n) is 11.2. The van der Waals surface area contributed by atoms with E-state index in [4.69, 9.17) is 5.11 Å². The number of phenols is 1. The number of carbonyl (C=O) groups excluding carboxylic acids is 1. The van der Waals surface area contributed by atoms with Crippen LogP contribution in [0.1, 0.15) is 42.1 Å². The van der Waals surface area contributed by atoms with Crippen LogP contribution in [0.25, 0.3) is 0 Å². The molecular weight excluding hydrogens is 242 g/mol. The Kier molecular flexibility index (Phi) is 4.43. The fraction of sp³-hybridized carbons (Fsp3) is 0.533. The third-order valence-electron chi connectivity index (χ3n) is 3.88. The topological polar surface area (TPSA) is 69.6 Å². The highest BCUT2D eigenvalue weighted by Crippen LogP contribution is 2.27. The number of hydrogen-bond acceptors (Lipinski definition) is 3. The van der Waals surface area contributed by atoms with Crippen LogP contribution in [0.3, 0.4) is 0 Å². The highest BCUT2D eigenvalue weighted by molar-refractivity contribution is 5.97. The lowest BCUT2D eigenvalue weighted by Gasteiger charge is -2.14. The smallest absolute Gasteiger partial charge is 0.255 e. The van der Waals surface area contributed by atoms with Gasteiger partial charge in [-0.15, -0.1) is 0 Å². The van der Waals surface area contributed by atoms with E-state index in [1.54, 1.807) is 12.1 Å². The summed E-state index contributed by atoms with van der Waals surface area (Å²) in [6.07, 6.45) is 3.35. The molecule has 1 aromatic rings. The van der Waals surface area contributed by atoms with Crippen molar-refractivity contribution in [2.45, 2.75) is 38.6 Å². The van der Waals surface area contributed by atoms with E-state index >= 15 is 0 Å². The maximum atomic E-state index is 12.2. The Labute approximate surface area is 113 Å². The van der Waals surface area contributed by atoms with Gasteiger partial charge in [0.05, 0.1) is 5.56 Å². The Bertz CT molecular complexity index is 459. The molecule has 1 aromatic carbocycles. The Morgan fingerprint density at radius 2 is 2.21 bits per heavy atom. The van der Waals surface area contributed by atoms with Gasteiger partial charge in [0.1, 0.15) is 5.75 Å². The molecule has 4 heteroatoms. The summed E-state index contributed by atoms with van der Waals surface area (Å²) in [6.45, 7) is 2.13. The molecule has 1 aliphatic rings. The molecule has 0 aliphatic heterocycles. The van der Waals surface area contributed by atoms with Crippen molar-refractivity contribution in [3.05, 3.63) is 29.3 Å². The molecule has 0 aromatic heterocycles. The van der Waals surface area contributed by atoms with Crippen molar-refractivity contribution in [3.63, 3.8) is 0 Å². The highest BCUT2D eigenvalue weighted by Gasteiger charge is 2.26. The zero-order chi connectivity index (χ0) is 13.8. The molecule has 3 N–H and O–H groups in total. The van der Waals surface area contributed by atoms with Gasteiger partial charge < -0.3 is 15.5 Å². The first-order chi connectivity index (χ1) is 9.15. The van der Waals surface area contributed by atoms with Crippen LogP contribution in [0, 0.1) is 5.92 Å². The van der Waals surface area contributed by atoms with E-state index in [-0.39, 0.29) is 24.3 Å². The van der Waals surface area contributed by atoms with Crippen molar-refractivity contribution >= 4 is 5.91 Å². The lowest BCUT2D eigenvalue weighted by Crippen LogP contribution is -2.33. The number of aromatic hydroxyl groups is 1. The first-order valence-electron chi connectivity index (χ1n) is 6.88. The molecule has 0 heterocycles. The molecule has 0 bridgehead atoms. The first kappa shape index (κ1) is 13.9. The monoisotopic (exact) mass is 263 g/mol. The first-order valence-corrected chi connectivity index (χ1v) is 6.88. The van der Waals surface area contributed by atoms with Crippen LogP contribution < -0.4 is 5.32 Å². The SMILES string of the molecule is CCc1cccc(C(=O)N[C@H]2CC[C@@H](CO)C2)c1O. The number of phenolic OH excluding ortho intramolecular Hbond substituents is 1. The molecule has 1 aliphatic carbocycles. The van der Waals surface area contributed by atoms with Gasteiger partial charge in [0.15, 0.2) is 0 Å². The summed E-state index contributed by atoms with van der Waals surface area (Å²) >= 11 is 0. The molecule has 1 amide bonds. The largest absolute Gasteiger partial charge is 0.507 e. The fourth-order valence-electron chi connectivity index (χ4n) is 2.69. The van der Waals surface area contributed by atoms with E-state index in [1.165, 1.54) is 0 Å². The standard InChI is InChI=1S/C15H21NO3/c1-2-11-4-3-5-13(14(11)18)15(19)16-12-7-6-10(8-12)9-17/h3-5,10,12,17-18H,2,6-9H2,1H3,(H,16,19)/t10-,12+/m1/s1. The van der Waals surface area contributed by atoms with Crippen molar-refractivity contribution in [3.8, 4) is 5.75 Å². The van der Waals surface area contributed by atoms with Gasteiger partial charge >= 0.3 is 0 Å². The number of aliphatic hydroxyl groups is 1. The van der Waals surface area contributed by atoms with Gasteiger partial charge in [-0.05, 0) is 43.2 Å². The summed E-state index contributed by atoms with van der Waals surface area (Å²) in [7, 11) is 0. The number of aliphatic hydroxyl groups excluding tert-OH is 1. The second kappa shape index (κ2) is 6.06. The third-order valence-corrected chi connectivity index (χ3v) is 3.88. The average Bonchev–Trinajstić information content (AvgIpc) is 2.86. The molecule has 19 heavy (non-hydrogen) atoms. The van der Waals surface area contributed by atoms with Gasteiger partial charge in [-0.25, -0.2) is 0 Å². The van der Waals surface area contributed by atoms with Crippen LogP contribution in [0.2, 0.25) is 0 Å². The van der Waals surface area contributed by atoms with E-state index in [1.807, 2.05) is 13.0 Å². The van der Waals surface area contributed by atoms with Gasteiger partial charge in [0.25, 0.3) is 5.91 Å². The quantitative estimate of drug-likeness (QED) is 0.776. The molecule has 1 saturated carbocycles. The number of aryl methyl sites for hydroxylation is 1. The lowest BCUT2D eigenvalue weighted by molar-refractivity contribution is 0.0933. The number of para-hydroxylation sites is 1. The minimum Gasteiger partial charge on any atom is -0.507 e. The maximum absolute atomic E-state index is 12.2. The summed E-state index contributed by atoms with van der Waals surface area (Å²) in [5, 5.41) is 22.1. The predicted molar refractivity (Wildman–Crippen MR) is 73.2 cm³/mol. The Morgan fingerprint density at radius 1 is 1.42 bits per heavy atom. The van der Waals surface area contributed by atoms with Crippen molar-refractivity contribution in [1.82, 2.24) is 5.32 Å². The molecule has 0 unspecified atom stereocenters. The molecule has 2 atom stereocenters. The molecule has 0 radical (unpaired) electrons. The van der Waals surface area contributed by atoms with Crippen molar-refractivity contribution < 1.29 is 15.0 Å². The van der Waals surface area contributed by atoms with E-state index in [2.05, 4.69) is 5.32 Å². The molecule has 1 fully saturated rings. The van der Waals surface area contributed by atoms with Crippen LogP contribution in [-0.4, -0.2) is 28.8 Å². The Hall–Kier alpha value is -1.55. The minimum atomic E-state index is -0.226. The minimum absolute atomic E-state index is 0.0826. The highest BCUT2D eigenvalue weighted by atomic mass is 16.3. The van der Waals surface area contributed by atoms with E-state index in [0.717, 1.165) is 24.8 Å². The van der Waals surface area contributed by atoms with E-state index < -0.39 is 0 Å². The van der Waals surface area contributed by atoms with Crippen LogP contribution in [0.5, 0.6) is 5.75 Å². The van der Waals surface area contributed by atoms with Crippen molar-refractivity contribution in [2.24, 2.45) is 5.92 Å². The number of rotatable bonds is 4. The van der Waals surface area contributed by atoms with Gasteiger partial charge in [-0.1, -0.05) is 19.1 Å². The van der Waals surface area contributed by atoms with Crippen LogP contribution >= 0.6 is 0 Å². The average molecular weight is 263 g/mol. The second-order valence-electron chi connectivity index (χ2n) is 5.20. The van der Waals surface area contributed by atoms with Gasteiger partial charge in [0.2, 0.25) is 0 Å². The molecule has 0 saturated heterocycles. The van der Waals surface area contributed by atoms with Gasteiger partial charge in [-0.2, -0.15) is 0 Å². The summed E-state index contributed by atoms with van der Waals surface area (Å²) < 4.78 is 0. The van der Waals surface area contributed by atoms with E-state index in [9.17, 15) is 9.90 Å².